The number of amides is 2. The number of rotatable bonds is 6. The summed E-state index contributed by atoms with van der Waals surface area (Å²) in [5, 5.41) is 2.69. The molecular weight excluding hydrogens is 248 g/mol. The minimum atomic E-state index is -0.514. The van der Waals surface area contributed by atoms with Crippen molar-refractivity contribution in [3.63, 3.8) is 0 Å². The fraction of sp³-hybridized carbons (Fsp3) is 0.385. The van der Waals surface area contributed by atoms with Crippen LogP contribution in [0, 0.1) is 5.92 Å². The van der Waals surface area contributed by atoms with Gasteiger partial charge in [0.05, 0.1) is 19.9 Å². The van der Waals surface area contributed by atoms with E-state index < -0.39 is 11.8 Å². The molecule has 1 aromatic rings. The molecule has 0 aliphatic carbocycles. The van der Waals surface area contributed by atoms with Gasteiger partial charge in [-0.25, -0.2) is 0 Å². The van der Waals surface area contributed by atoms with Crippen molar-refractivity contribution >= 4 is 17.5 Å². The van der Waals surface area contributed by atoms with E-state index in [0.29, 0.717) is 17.2 Å². The lowest BCUT2D eigenvalue weighted by Gasteiger charge is -2.14. The predicted molar refractivity (Wildman–Crippen MR) is 71.2 cm³/mol. The summed E-state index contributed by atoms with van der Waals surface area (Å²) < 4.78 is 10.2. The minimum absolute atomic E-state index is 0.00187. The van der Waals surface area contributed by atoms with E-state index in [4.69, 9.17) is 15.2 Å². The first-order valence-corrected chi connectivity index (χ1v) is 5.79. The van der Waals surface area contributed by atoms with Crippen molar-refractivity contribution in [1.29, 1.82) is 0 Å². The van der Waals surface area contributed by atoms with Gasteiger partial charge in [0.2, 0.25) is 11.8 Å². The monoisotopic (exact) mass is 266 g/mol. The fourth-order valence-electron chi connectivity index (χ4n) is 1.56. The van der Waals surface area contributed by atoms with Gasteiger partial charge in [0.25, 0.3) is 0 Å². The van der Waals surface area contributed by atoms with E-state index in [9.17, 15) is 9.59 Å². The lowest BCUT2D eigenvalue weighted by Crippen LogP contribution is -2.25. The van der Waals surface area contributed by atoms with Crippen molar-refractivity contribution in [2.45, 2.75) is 13.3 Å². The maximum Gasteiger partial charge on any atom is 0.227 e. The summed E-state index contributed by atoms with van der Waals surface area (Å²) in [4.78, 5) is 22.7. The first-order chi connectivity index (χ1) is 8.97. The van der Waals surface area contributed by atoms with E-state index >= 15 is 0 Å². The Morgan fingerprint density at radius 2 is 2.00 bits per heavy atom. The molecule has 1 rings (SSSR count). The molecule has 0 radical (unpaired) electrons. The Morgan fingerprint density at radius 3 is 2.53 bits per heavy atom. The Morgan fingerprint density at radius 1 is 1.32 bits per heavy atom. The third kappa shape index (κ3) is 4.17. The smallest absolute Gasteiger partial charge is 0.227 e. The summed E-state index contributed by atoms with van der Waals surface area (Å²) >= 11 is 0. The second-order valence-electron chi connectivity index (χ2n) is 4.13. The molecule has 0 saturated carbocycles. The molecule has 104 valence electrons. The van der Waals surface area contributed by atoms with Gasteiger partial charge in [0, 0.05) is 18.4 Å². The van der Waals surface area contributed by atoms with Gasteiger partial charge in [-0.3, -0.25) is 9.59 Å². The Balaban J connectivity index is 2.85. The second kappa shape index (κ2) is 6.63. The van der Waals surface area contributed by atoms with Crippen molar-refractivity contribution in [2.24, 2.45) is 11.7 Å². The van der Waals surface area contributed by atoms with Gasteiger partial charge >= 0.3 is 0 Å². The highest BCUT2D eigenvalue weighted by Gasteiger charge is 2.17. The fourth-order valence-corrected chi connectivity index (χ4v) is 1.56. The SMILES string of the molecule is COc1ccc(OC)c(NC(=O)C(C)CC(N)=O)c1. The highest BCUT2D eigenvalue weighted by atomic mass is 16.5. The Hall–Kier alpha value is -2.24. The van der Waals surface area contributed by atoms with Gasteiger partial charge < -0.3 is 20.5 Å². The molecule has 0 aliphatic heterocycles. The molecule has 1 atom stereocenters. The molecule has 0 fully saturated rings. The van der Waals surface area contributed by atoms with Crippen LogP contribution in [-0.2, 0) is 9.59 Å². The van der Waals surface area contributed by atoms with E-state index in [-0.39, 0.29) is 12.3 Å². The zero-order chi connectivity index (χ0) is 14.4. The zero-order valence-electron chi connectivity index (χ0n) is 11.2. The molecular formula is C13H18N2O4. The van der Waals surface area contributed by atoms with Gasteiger partial charge in [-0.05, 0) is 12.1 Å². The first kappa shape index (κ1) is 14.8. The van der Waals surface area contributed by atoms with Gasteiger partial charge in [-0.15, -0.1) is 0 Å². The highest BCUT2D eigenvalue weighted by Crippen LogP contribution is 2.29. The number of nitrogens with two attached hydrogens (primary N) is 1. The summed E-state index contributed by atoms with van der Waals surface area (Å²) in [7, 11) is 3.04. The molecule has 1 aromatic carbocycles. The van der Waals surface area contributed by atoms with Crippen LogP contribution in [0.2, 0.25) is 0 Å². The summed E-state index contributed by atoms with van der Waals surface area (Å²) in [6, 6.07) is 5.06. The Kier molecular flexibility index (Phi) is 5.17. The van der Waals surface area contributed by atoms with Gasteiger partial charge in [0.1, 0.15) is 11.5 Å². The standard InChI is InChI=1S/C13H18N2O4/c1-8(6-12(14)16)13(17)15-10-7-9(18-2)4-5-11(10)19-3/h4-5,7-8H,6H2,1-3H3,(H2,14,16)(H,15,17). The summed E-state index contributed by atoms with van der Waals surface area (Å²) in [5.74, 6) is -0.210. The number of carbonyl (C=O) groups excluding carboxylic acids is 2. The minimum Gasteiger partial charge on any atom is -0.497 e. The lowest BCUT2D eigenvalue weighted by atomic mass is 10.1. The highest BCUT2D eigenvalue weighted by molar-refractivity contribution is 5.96. The molecule has 3 N–H and O–H groups in total. The van der Waals surface area contributed by atoms with Crippen LogP contribution in [0.1, 0.15) is 13.3 Å². The van der Waals surface area contributed by atoms with Gasteiger partial charge in [0.15, 0.2) is 0 Å². The first-order valence-electron chi connectivity index (χ1n) is 5.79. The second-order valence-corrected chi connectivity index (χ2v) is 4.13. The van der Waals surface area contributed by atoms with E-state index in [2.05, 4.69) is 5.32 Å². The number of benzene rings is 1. The van der Waals surface area contributed by atoms with E-state index in [1.165, 1.54) is 14.2 Å². The van der Waals surface area contributed by atoms with Gasteiger partial charge in [-0.2, -0.15) is 0 Å². The summed E-state index contributed by atoms with van der Waals surface area (Å²) in [5.41, 5.74) is 5.55. The molecule has 19 heavy (non-hydrogen) atoms. The van der Waals surface area contributed by atoms with Crippen molar-refractivity contribution < 1.29 is 19.1 Å². The molecule has 2 amide bonds. The van der Waals surface area contributed by atoms with Crippen molar-refractivity contribution in [2.75, 3.05) is 19.5 Å². The molecule has 0 aromatic heterocycles. The quantitative estimate of drug-likeness (QED) is 0.808. The van der Waals surface area contributed by atoms with E-state index in [0.717, 1.165) is 0 Å². The number of hydrogen-bond donors (Lipinski definition) is 2. The molecule has 0 aliphatic rings. The molecule has 1 unspecified atom stereocenters. The number of hydrogen-bond acceptors (Lipinski definition) is 4. The molecule has 0 saturated heterocycles. The van der Waals surface area contributed by atoms with Crippen LogP contribution in [0.3, 0.4) is 0 Å². The predicted octanol–water partition coefficient (Wildman–Crippen LogP) is 1.15. The Bertz CT molecular complexity index is 474. The van der Waals surface area contributed by atoms with Crippen LogP contribution in [-0.4, -0.2) is 26.0 Å². The van der Waals surface area contributed by atoms with Gasteiger partial charge in [-0.1, -0.05) is 6.92 Å². The largest absolute Gasteiger partial charge is 0.497 e. The van der Waals surface area contributed by atoms with Crippen LogP contribution < -0.4 is 20.5 Å². The molecule has 0 heterocycles. The number of anilines is 1. The van der Waals surface area contributed by atoms with Crippen molar-refractivity contribution in [3.05, 3.63) is 18.2 Å². The number of carbonyl (C=O) groups is 2. The summed E-state index contributed by atoms with van der Waals surface area (Å²) in [6.45, 7) is 1.63. The number of methoxy groups -OCH3 is 2. The molecule has 6 heteroatoms. The average Bonchev–Trinajstić information content (AvgIpc) is 2.37. The van der Waals surface area contributed by atoms with E-state index in [1.807, 2.05) is 0 Å². The molecule has 0 bridgehead atoms. The van der Waals surface area contributed by atoms with Crippen LogP contribution in [0.15, 0.2) is 18.2 Å². The Labute approximate surface area is 111 Å². The lowest BCUT2D eigenvalue weighted by molar-refractivity contribution is -0.125. The third-order valence-corrected chi connectivity index (χ3v) is 2.62. The maximum absolute atomic E-state index is 11.9. The average molecular weight is 266 g/mol. The number of nitrogens with one attached hydrogen (secondary N) is 1. The van der Waals surface area contributed by atoms with Crippen molar-refractivity contribution in [1.82, 2.24) is 0 Å². The van der Waals surface area contributed by atoms with E-state index in [1.54, 1.807) is 25.1 Å². The zero-order valence-corrected chi connectivity index (χ0v) is 11.2. The number of primary amides is 1. The van der Waals surface area contributed by atoms with Crippen LogP contribution in [0.25, 0.3) is 0 Å². The maximum atomic E-state index is 11.9. The van der Waals surface area contributed by atoms with Crippen molar-refractivity contribution in [3.8, 4) is 11.5 Å². The molecule has 0 spiro atoms. The van der Waals surface area contributed by atoms with Crippen LogP contribution in [0.4, 0.5) is 5.69 Å². The number of ether oxygens (including phenoxy) is 2. The normalized spacial score (nSPS) is 11.5. The summed E-state index contributed by atoms with van der Waals surface area (Å²) in [6.07, 6.45) is -0.00187. The topological polar surface area (TPSA) is 90.7 Å². The van der Waals surface area contributed by atoms with Crippen LogP contribution in [0.5, 0.6) is 11.5 Å². The van der Waals surface area contributed by atoms with Crippen LogP contribution >= 0.6 is 0 Å². The third-order valence-electron chi connectivity index (χ3n) is 2.62. The molecule has 6 nitrogen and oxygen atoms in total.